The second-order valence-corrected chi connectivity index (χ2v) is 13.2. The average Bonchev–Trinajstić information content (AvgIpc) is 3.51. The molecule has 2 bridgehead atoms. The van der Waals surface area contributed by atoms with Crippen LogP contribution in [0.3, 0.4) is 0 Å². The molecule has 2 aliphatic carbocycles. The highest BCUT2D eigenvalue weighted by atomic mass is 16.6. The van der Waals surface area contributed by atoms with Crippen molar-refractivity contribution in [1.29, 1.82) is 5.26 Å². The number of aromatic amines is 1. The molecule has 1 saturated carbocycles. The molecule has 4 fully saturated rings. The van der Waals surface area contributed by atoms with Crippen molar-refractivity contribution in [2.75, 3.05) is 13.1 Å². The summed E-state index contributed by atoms with van der Waals surface area (Å²) in [6.07, 6.45) is 3.31. The first-order valence-corrected chi connectivity index (χ1v) is 14.8. The number of tetrazole rings is 1. The zero-order chi connectivity index (χ0) is 29.3. The van der Waals surface area contributed by atoms with E-state index in [1.54, 1.807) is 25.7 Å². The Labute approximate surface area is 243 Å². The highest BCUT2D eigenvalue weighted by molar-refractivity contribution is 5.89. The molecule has 3 aliphatic heterocycles. The number of aromatic nitrogens is 4. The number of nitriles is 1. The number of H-pyrrole nitrogens is 1. The van der Waals surface area contributed by atoms with E-state index in [9.17, 15) is 19.6 Å². The van der Waals surface area contributed by atoms with Crippen molar-refractivity contribution in [2.45, 2.75) is 94.7 Å². The summed E-state index contributed by atoms with van der Waals surface area (Å²) in [5, 5.41) is 26.6. The Bertz CT molecular complexity index is 1460. The third-order valence-corrected chi connectivity index (χ3v) is 9.37. The van der Waals surface area contributed by atoms with E-state index >= 15 is 0 Å². The molecule has 2 N–H and O–H groups in total. The van der Waals surface area contributed by atoms with Gasteiger partial charge in [0.15, 0.2) is 5.82 Å². The van der Waals surface area contributed by atoms with Gasteiger partial charge < -0.3 is 19.9 Å². The number of alkyl carbamates (subject to hydrolysis) is 1. The fourth-order valence-corrected chi connectivity index (χ4v) is 7.55. The minimum Gasteiger partial charge on any atom is -0.444 e. The predicted molar refractivity (Wildman–Crippen MR) is 147 cm³/mol. The van der Waals surface area contributed by atoms with E-state index in [1.165, 1.54) is 5.56 Å². The first-order chi connectivity index (χ1) is 20.1. The van der Waals surface area contributed by atoms with E-state index < -0.39 is 23.8 Å². The highest BCUT2D eigenvalue weighted by Gasteiger charge is 2.57. The van der Waals surface area contributed by atoms with Crippen LogP contribution in [0.2, 0.25) is 0 Å². The van der Waals surface area contributed by atoms with Gasteiger partial charge in [-0.15, -0.1) is 5.10 Å². The van der Waals surface area contributed by atoms with Gasteiger partial charge in [-0.2, -0.15) is 5.26 Å². The quantitative estimate of drug-likeness (QED) is 0.522. The number of piperidine rings is 1. The number of nitrogens with one attached hydrogen (secondary N) is 2. The molecular formula is C29H35N9O4. The molecule has 5 aliphatic rings. The average molecular weight is 574 g/mol. The first-order valence-electron chi connectivity index (χ1n) is 14.8. The highest BCUT2D eigenvalue weighted by Crippen LogP contribution is 2.48. The number of fused-ring (bicyclic) bond motifs is 4. The summed E-state index contributed by atoms with van der Waals surface area (Å²) >= 11 is 0. The fraction of sp³-hybridized carbons (Fsp3) is 0.621. The number of nitrogens with zero attached hydrogens (tertiary/aromatic N) is 7. The van der Waals surface area contributed by atoms with Crippen molar-refractivity contribution in [1.82, 2.24) is 40.6 Å². The van der Waals surface area contributed by atoms with Gasteiger partial charge in [-0.05, 0) is 86.4 Å². The maximum absolute atomic E-state index is 13.8. The van der Waals surface area contributed by atoms with Crippen molar-refractivity contribution in [3.05, 3.63) is 29.3 Å². The number of amides is 3. The molecule has 13 nitrogen and oxygen atoms in total. The summed E-state index contributed by atoms with van der Waals surface area (Å²) < 4.78 is 5.48. The SMILES string of the molecule is CC(C)(C)OC(=O)N[C@@H](CN1C[C@@H]2C[C@H]1C(=O)N2[C@H]1CCc2cc(-c3nnn[nH]3)ccc21)C(=O)N1[C@H](C#N)C[C@@H]2C[C@@H]21. The summed E-state index contributed by atoms with van der Waals surface area (Å²) in [6.45, 7) is 6.12. The Kier molecular flexibility index (Phi) is 6.23. The predicted octanol–water partition coefficient (Wildman–Crippen LogP) is 1.55. The largest absolute Gasteiger partial charge is 0.444 e. The molecule has 4 heterocycles. The first kappa shape index (κ1) is 26.8. The van der Waals surface area contributed by atoms with Gasteiger partial charge in [-0.1, -0.05) is 12.1 Å². The number of piperazine rings is 1. The smallest absolute Gasteiger partial charge is 0.408 e. The lowest BCUT2D eigenvalue weighted by Crippen LogP contribution is -2.59. The fourth-order valence-electron chi connectivity index (χ4n) is 7.55. The summed E-state index contributed by atoms with van der Waals surface area (Å²) in [6, 6.07) is 6.77. The molecule has 2 aromatic rings. The number of hydrogen-bond acceptors (Lipinski definition) is 9. The van der Waals surface area contributed by atoms with E-state index in [4.69, 9.17) is 4.74 Å². The lowest BCUT2D eigenvalue weighted by Gasteiger charge is -2.39. The summed E-state index contributed by atoms with van der Waals surface area (Å²) in [5.74, 6) is 0.766. The lowest BCUT2D eigenvalue weighted by molar-refractivity contribution is -0.141. The molecule has 0 radical (unpaired) electrons. The van der Waals surface area contributed by atoms with Gasteiger partial charge in [0.05, 0.1) is 18.2 Å². The number of likely N-dealkylation sites (tertiary alicyclic amines) is 3. The molecule has 42 heavy (non-hydrogen) atoms. The van der Waals surface area contributed by atoms with Gasteiger partial charge in [0.25, 0.3) is 0 Å². The molecule has 7 rings (SSSR count). The van der Waals surface area contributed by atoms with E-state index in [2.05, 4.69) is 44.1 Å². The van der Waals surface area contributed by atoms with E-state index in [-0.39, 0.29) is 42.5 Å². The van der Waals surface area contributed by atoms with Crippen LogP contribution >= 0.6 is 0 Å². The monoisotopic (exact) mass is 573 g/mol. The van der Waals surface area contributed by atoms with Crippen molar-refractivity contribution >= 4 is 17.9 Å². The molecule has 0 spiro atoms. The Hall–Kier alpha value is -4.05. The van der Waals surface area contributed by atoms with Gasteiger partial charge in [0.1, 0.15) is 17.7 Å². The van der Waals surface area contributed by atoms with Gasteiger partial charge in [0, 0.05) is 30.7 Å². The van der Waals surface area contributed by atoms with Crippen LogP contribution < -0.4 is 5.32 Å². The van der Waals surface area contributed by atoms with E-state index in [1.807, 2.05) is 15.9 Å². The molecule has 1 aromatic heterocycles. The van der Waals surface area contributed by atoms with E-state index in [0.29, 0.717) is 31.1 Å². The number of hydrogen-bond donors (Lipinski definition) is 2. The Morgan fingerprint density at radius 2 is 2.07 bits per heavy atom. The van der Waals surface area contributed by atoms with Crippen LogP contribution in [-0.4, -0.2) is 102 Å². The molecule has 1 aromatic carbocycles. The minimum atomic E-state index is -0.910. The molecular weight excluding hydrogens is 538 g/mol. The van der Waals surface area contributed by atoms with Crippen molar-refractivity contribution in [3.63, 3.8) is 0 Å². The van der Waals surface area contributed by atoms with Crippen LogP contribution in [0.4, 0.5) is 4.79 Å². The summed E-state index contributed by atoms with van der Waals surface area (Å²) in [7, 11) is 0. The number of ether oxygens (including phenoxy) is 1. The summed E-state index contributed by atoms with van der Waals surface area (Å²) in [4.78, 5) is 46.2. The van der Waals surface area contributed by atoms with Crippen LogP contribution in [-0.2, 0) is 20.7 Å². The maximum atomic E-state index is 13.8. The van der Waals surface area contributed by atoms with Crippen molar-refractivity contribution in [3.8, 4) is 17.5 Å². The number of carbonyl (C=O) groups is 3. The molecule has 220 valence electrons. The molecule has 0 unspecified atom stereocenters. The molecule has 7 atom stereocenters. The third-order valence-electron chi connectivity index (χ3n) is 9.37. The van der Waals surface area contributed by atoms with Crippen molar-refractivity contribution < 1.29 is 19.1 Å². The Morgan fingerprint density at radius 3 is 2.79 bits per heavy atom. The molecule has 13 heteroatoms. The van der Waals surface area contributed by atoms with Crippen LogP contribution in [0.1, 0.15) is 63.6 Å². The van der Waals surface area contributed by atoms with Crippen LogP contribution in [0.25, 0.3) is 11.4 Å². The number of carbonyl (C=O) groups excluding carboxylic acids is 3. The zero-order valence-electron chi connectivity index (χ0n) is 24.0. The minimum absolute atomic E-state index is 0.0108. The van der Waals surface area contributed by atoms with Crippen LogP contribution in [0, 0.1) is 17.2 Å². The van der Waals surface area contributed by atoms with Crippen LogP contribution in [0.15, 0.2) is 18.2 Å². The second kappa shape index (κ2) is 9.76. The summed E-state index contributed by atoms with van der Waals surface area (Å²) in [5.41, 5.74) is 2.55. The van der Waals surface area contributed by atoms with Gasteiger partial charge in [-0.3, -0.25) is 14.5 Å². The molecule has 3 saturated heterocycles. The zero-order valence-corrected chi connectivity index (χ0v) is 24.0. The second-order valence-electron chi connectivity index (χ2n) is 13.2. The lowest BCUT2D eigenvalue weighted by atomic mass is 10.0. The number of aryl methyl sites for hydroxylation is 1. The maximum Gasteiger partial charge on any atom is 0.408 e. The molecule has 3 amide bonds. The third kappa shape index (κ3) is 4.58. The van der Waals surface area contributed by atoms with Gasteiger partial charge in [0.2, 0.25) is 11.8 Å². The van der Waals surface area contributed by atoms with Gasteiger partial charge >= 0.3 is 6.09 Å². The number of rotatable bonds is 6. The topological polar surface area (TPSA) is 160 Å². The number of benzene rings is 1. The Balaban J connectivity index is 1.07. The standard InChI is InChI=1S/C29H35N9O4/c1-29(2,3)42-28(41)31-21(26(39)37-18(12-30)9-17-10-23(17)37)14-36-13-19-11-24(36)27(40)38(19)22-7-5-15-8-16(4-6-20(15)22)25-32-34-35-33-25/h4,6,8,17-19,21-24H,5,7,9-11,13-14H2,1-3H3,(H,31,41)(H,32,33,34,35)/t17-,18+,19+,21+,22+,23+,24+/m1/s1. The Morgan fingerprint density at radius 1 is 1.24 bits per heavy atom. The van der Waals surface area contributed by atoms with E-state index in [0.717, 1.165) is 30.4 Å². The van der Waals surface area contributed by atoms with Crippen LogP contribution in [0.5, 0.6) is 0 Å². The normalized spacial score (nSPS) is 30.2. The van der Waals surface area contributed by atoms with Crippen molar-refractivity contribution in [2.24, 2.45) is 5.92 Å². The van der Waals surface area contributed by atoms with Gasteiger partial charge in [-0.25, -0.2) is 9.89 Å².